The highest BCUT2D eigenvalue weighted by Gasteiger charge is 2.12. The first-order valence-corrected chi connectivity index (χ1v) is 8.01. The maximum atomic E-state index is 11.9. The Hall–Kier alpha value is -1.85. The van der Waals surface area contributed by atoms with Crippen LogP contribution in [0.1, 0.15) is 16.7 Å². The molecule has 0 saturated heterocycles. The molecule has 0 spiro atoms. The minimum Gasteiger partial charge on any atom is -0.455 e. The summed E-state index contributed by atoms with van der Waals surface area (Å²) in [5.74, 6) is -0.840. The monoisotopic (exact) mass is 337 g/mol. The lowest BCUT2D eigenvalue weighted by Gasteiger charge is -2.11. The van der Waals surface area contributed by atoms with E-state index in [1.54, 1.807) is 6.07 Å². The number of aryl methyl sites for hydroxylation is 2. The molecule has 0 radical (unpaired) electrons. The first-order chi connectivity index (χ1) is 10.5. The third-order valence-corrected chi connectivity index (χ3v) is 4.02. The van der Waals surface area contributed by atoms with Gasteiger partial charge in [-0.25, -0.2) is 0 Å². The Morgan fingerprint density at radius 1 is 1.32 bits per heavy atom. The molecular weight excluding hydrogens is 322 g/mol. The van der Waals surface area contributed by atoms with Gasteiger partial charge in [-0.3, -0.25) is 9.59 Å². The quantitative estimate of drug-likeness (QED) is 0.845. The molecule has 2 aromatic rings. The highest BCUT2D eigenvalue weighted by molar-refractivity contribution is 7.08. The third-order valence-electron chi connectivity index (χ3n) is 2.99. The fraction of sp³-hybridized carbons (Fsp3) is 0.250. The molecular formula is C16H16ClNO3S. The number of thiophene rings is 1. The Labute approximate surface area is 138 Å². The molecule has 2 rings (SSSR count). The minimum atomic E-state index is -0.430. The summed E-state index contributed by atoms with van der Waals surface area (Å²) in [6.07, 6.45) is 0.168. The van der Waals surface area contributed by atoms with E-state index in [0.29, 0.717) is 10.7 Å². The second-order valence-electron chi connectivity index (χ2n) is 4.96. The number of carbonyl (C=O) groups excluding carboxylic acids is 2. The molecule has 0 saturated carbocycles. The first-order valence-electron chi connectivity index (χ1n) is 6.69. The maximum Gasteiger partial charge on any atom is 0.310 e. The molecule has 0 unspecified atom stereocenters. The van der Waals surface area contributed by atoms with Crippen LogP contribution in [0.4, 0.5) is 5.69 Å². The van der Waals surface area contributed by atoms with E-state index in [-0.39, 0.29) is 13.0 Å². The molecule has 0 aliphatic heterocycles. The molecule has 0 fully saturated rings. The van der Waals surface area contributed by atoms with Gasteiger partial charge < -0.3 is 10.1 Å². The molecule has 22 heavy (non-hydrogen) atoms. The zero-order valence-electron chi connectivity index (χ0n) is 12.3. The fourth-order valence-corrected chi connectivity index (χ4v) is 3.04. The summed E-state index contributed by atoms with van der Waals surface area (Å²) < 4.78 is 4.96. The van der Waals surface area contributed by atoms with Gasteiger partial charge in [0.25, 0.3) is 5.91 Å². The summed E-state index contributed by atoms with van der Waals surface area (Å²) in [6.45, 7) is 3.46. The number of halogens is 1. The van der Waals surface area contributed by atoms with E-state index in [4.69, 9.17) is 16.3 Å². The number of ether oxygens (including phenoxy) is 1. The van der Waals surface area contributed by atoms with Crippen LogP contribution < -0.4 is 5.32 Å². The first kappa shape index (κ1) is 16.5. The van der Waals surface area contributed by atoms with E-state index >= 15 is 0 Å². The molecule has 0 atom stereocenters. The predicted molar refractivity (Wildman–Crippen MR) is 88.5 cm³/mol. The number of anilines is 1. The molecule has 1 aromatic heterocycles. The van der Waals surface area contributed by atoms with Crippen molar-refractivity contribution in [2.45, 2.75) is 20.3 Å². The van der Waals surface area contributed by atoms with Crippen LogP contribution in [0.5, 0.6) is 0 Å². The molecule has 116 valence electrons. The molecule has 1 aromatic carbocycles. The Balaban J connectivity index is 1.87. The van der Waals surface area contributed by atoms with Crippen LogP contribution in [-0.2, 0) is 20.7 Å². The van der Waals surface area contributed by atoms with E-state index in [2.05, 4.69) is 5.32 Å². The molecule has 1 amide bonds. The number of hydrogen-bond acceptors (Lipinski definition) is 4. The van der Waals surface area contributed by atoms with E-state index in [1.807, 2.05) is 36.7 Å². The topological polar surface area (TPSA) is 55.4 Å². The van der Waals surface area contributed by atoms with Gasteiger partial charge in [-0.15, -0.1) is 0 Å². The fourth-order valence-electron chi connectivity index (χ4n) is 2.01. The van der Waals surface area contributed by atoms with Crippen LogP contribution in [-0.4, -0.2) is 18.5 Å². The summed E-state index contributed by atoms with van der Waals surface area (Å²) in [7, 11) is 0. The zero-order valence-corrected chi connectivity index (χ0v) is 13.9. The summed E-state index contributed by atoms with van der Waals surface area (Å²) in [5, 5.41) is 6.90. The van der Waals surface area contributed by atoms with E-state index in [9.17, 15) is 9.59 Å². The van der Waals surface area contributed by atoms with Gasteiger partial charge in [-0.1, -0.05) is 17.7 Å². The number of amides is 1. The second-order valence-corrected chi connectivity index (χ2v) is 6.14. The number of rotatable bonds is 5. The zero-order chi connectivity index (χ0) is 16.1. The summed E-state index contributed by atoms with van der Waals surface area (Å²) >= 11 is 7.63. The van der Waals surface area contributed by atoms with Crippen molar-refractivity contribution in [2.24, 2.45) is 0 Å². The lowest BCUT2D eigenvalue weighted by molar-refractivity contribution is -0.146. The van der Waals surface area contributed by atoms with Crippen molar-refractivity contribution >= 4 is 40.5 Å². The average Bonchev–Trinajstić information content (AvgIpc) is 2.93. The second kappa shape index (κ2) is 7.42. The van der Waals surface area contributed by atoms with Crippen LogP contribution in [0.2, 0.25) is 5.02 Å². The molecule has 1 N–H and O–H groups in total. The van der Waals surface area contributed by atoms with Crippen molar-refractivity contribution in [3.8, 4) is 0 Å². The van der Waals surface area contributed by atoms with E-state index in [1.165, 1.54) is 11.3 Å². The van der Waals surface area contributed by atoms with Gasteiger partial charge in [-0.05, 0) is 53.4 Å². The summed E-state index contributed by atoms with van der Waals surface area (Å²) in [5.41, 5.74) is 3.31. The SMILES string of the molecule is Cc1cc(C)c(NC(=O)COC(=O)Cc2ccsc2)c(Cl)c1. The molecule has 4 nitrogen and oxygen atoms in total. The number of benzene rings is 1. The standard InChI is InChI=1S/C16H16ClNO3S/c1-10-5-11(2)16(13(17)6-10)18-14(19)8-21-15(20)7-12-3-4-22-9-12/h3-6,9H,7-8H2,1-2H3,(H,18,19). The number of hydrogen-bond donors (Lipinski definition) is 1. The van der Waals surface area contributed by atoms with Crippen LogP contribution >= 0.6 is 22.9 Å². The van der Waals surface area contributed by atoms with E-state index in [0.717, 1.165) is 16.7 Å². The Morgan fingerprint density at radius 2 is 2.09 bits per heavy atom. The molecule has 0 aliphatic rings. The largest absolute Gasteiger partial charge is 0.455 e. The Bertz CT molecular complexity index is 660. The normalized spacial score (nSPS) is 10.3. The van der Waals surface area contributed by atoms with Crippen molar-refractivity contribution in [1.29, 1.82) is 0 Å². The number of carbonyl (C=O) groups is 2. The van der Waals surface area contributed by atoms with Gasteiger partial charge in [0.2, 0.25) is 0 Å². The van der Waals surface area contributed by atoms with Crippen molar-refractivity contribution in [2.75, 3.05) is 11.9 Å². The van der Waals surface area contributed by atoms with Gasteiger partial charge in [0.15, 0.2) is 6.61 Å². The van der Waals surface area contributed by atoms with Gasteiger partial charge in [-0.2, -0.15) is 11.3 Å². The van der Waals surface area contributed by atoms with E-state index < -0.39 is 11.9 Å². The van der Waals surface area contributed by atoms with Crippen LogP contribution in [0.25, 0.3) is 0 Å². The van der Waals surface area contributed by atoms with Crippen molar-refractivity contribution in [1.82, 2.24) is 0 Å². The van der Waals surface area contributed by atoms with Crippen LogP contribution in [0.15, 0.2) is 29.0 Å². The average molecular weight is 338 g/mol. The van der Waals surface area contributed by atoms with Crippen molar-refractivity contribution in [3.63, 3.8) is 0 Å². The van der Waals surface area contributed by atoms with Crippen LogP contribution in [0.3, 0.4) is 0 Å². The maximum absolute atomic E-state index is 11.9. The predicted octanol–water partition coefficient (Wildman–Crippen LogP) is 3.74. The molecule has 6 heteroatoms. The Morgan fingerprint density at radius 3 is 2.73 bits per heavy atom. The summed E-state index contributed by atoms with van der Waals surface area (Å²) in [4.78, 5) is 23.5. The highest BCUT2D eigenvalue weighted by atomic mass is 35.5. The molecule has 0 bridgehead atoms. The van der Waals surface area contributed by atoms with Gasteiger partial charge >= 0.3 is 5.97 Å². The minimum absolute atomic E-state index is 0.168. The molecule has 1 heterocycles. The van der Waals surface area contributed by atoms with Crippen molar-refractivity contribution < 1.29 is 14.3 Å². The number of nitrogens with one attached hydrogen (secondary N) is 1. The smallest absolute Gasteiger partial charge is 0.310 e. The van der Waals surface area contributed by atoms with Gasteiger partial charge in [0, 0.05) is 0 Å². The van der Waals surface area contributed by atoms with Crippen LogP contribution in [0, 0.1) is 13.8 Å². The van der Waals surface area contributed by atoms with Gasteiger partial charge in [0.05, 0.1) is 17.1 Å². The summed E-state index contributed by atoms with van der Waals surface area (Å²) in [6, 6.07) is 5.54. The number of esters is 1. The van der Waals surface area contributed by atoms with Gasteiger partial charge in [0.1, 0.15) is 0 Å². The Kier molecular flexibility index (Phi) is 5.57. The lowest BCUT2D eigenvalue weighted by atomic mass is 10.1. The van der Waals surface area contributed by atoms with Crippen molar-refractivity contribution in [3.05, 3.63) is 50.7 Å². The highest BCUT2D eigenvalue weighted by Crippen LogP contribution is 2.27. The molecule has 0 aliphatic carbocycles. The third kappa shape index (κ3) is 4.58. The lowest BCUT2D eigenvalue weighted by Crippen LogP contribution is -2.22.